The van der Waals surface area contributed by atoms with Crippen molar-refractivity contribution in [1.82, 2.24) is 20.2 Å². The van der Waals surface area contributed by atoms with Gasteiger partial charge in [0, 0.05) is 48.8 Å². The number of nitrogens with zero attached hydrogens (tertiary/aromatic N) is 2. The minimum atomic E-state index is -0.864. The first-order valence-corrected chi connectivity index (χ1v) is 14.2. The molecule has 2 aromatic carbocycles. The molecule has 8 nitrogen and oxygen atoms in total. The summed E-state index contributed by atoms with van der Waals surface area (Å²) in [4.78, 5) is 29.9. The molecular formula is C30H36ClN5O3. The second-order valence-electron chi connectivity index (χ2n) is 10.6. The van der Waals surface area contributed by atoms with Crippen LogP contribution in [-0.2, 0) is 24.3 Å². The van der Waals surface area contributed by atoms with E-state index in [0.717, 1.165) is 35.7 Å². The molecule has 3 aromatic rings. The largest absolute Gasteiger partial charge is 0.492 e. The summed E-state index contributed by atoms with van der Waals surface area (Å²) in [5.41, 5.74) is 8.96. The van der Waals surface area contributed by atoms with Gasteiger partial charge in [-0.15, -0.1) is 0 Å². The molecule has 1 aromatic heterocycles. The number of aromatic nitrogens is 2. The quantitative estimate of drug-likeness (QED) is 0.343. The Balaban J connectivity index is 1.26. The number of fused-ring (bicyclic) bond motifs is 1. The Bertz CT molecular complexity index is 1290. The van der Waals surface area contributed by atoms with Crippen molar-refractivity contribution in [1.29, 1.82) is 0 Å². The lowest BCUT2D eigenvalue weighted by Crippen LogP contribution is -2.46. The maximum Gasteiger partial charge on any atom is 0.255 e. The first kappa shape index (κ1) is 27.2. The number of carbonyl (C=O) groups excluding carboxylic acids is 2. The maximum atomic E-state index is 13.3. The molecule has 206 valence electrons. The molecule has 0 bridgehead atoms. The van der Waals surface area contributed by atoms with E-state index < -0.39 is 17.9 Å². The Morgan fingerprint density at radius 3 is 2.67 bits per heavy atom. The number of carbonyl (C=O) groups is 2. The van der Waals surface area contributed by atoms with Crippen LogP contribution in [0.25, 0.3) is 0 Å². The molecule has 2 heterocycles. The number of nitrogens with two attached hydrogens (primary N) is 1. The van der Waals surface area contributed by atoms with Gasteiger partial charge in [-0.1, -0.05) is 55.1 Å². The summed E-state index contributed by atoms with van der Waals surface area (Å²) < 4.78 is 8.27. The van der Waals surface area contributed by atoms with E-state index in [0.29, 0.717) is 29.5 Å². The monoisotopic (exact) mass is 549 g/mol. The summed E-state index contributed by atoms with van der Waals surface area (Å²) >= 11 is 5.97. The number of hydrogen-bond acceptors (Lipinski definition) is 5. The lowest BCUT2D eigenvalue weighted by molar-refractivity contribution is -0.119. The van der Waals surface area contributed by atoms with E-state index in [9.17, 15) is 9.59 Å². The van der Waals surface area contributed by atoms with Crippen molar-refractivity contribution in [2.75, 3.05) is 6.61 Å². The second-order valence-corrected chi connectivity index (χ2v) is 11.0. The highest BCUT2D eigenvalue weighted by Gasteiger charge is 2.28. The second kappa shape index (κ2) is 12.7. The number of hydrogen-bond donors (Lipinski definition) is 3. The van der Waals surface area contributed by atoms with Crippen molar-refractivity contribution in [3.8, 4) is 5.75 Å². The topological polar surface area (TPSA) is 111 Å². The van der Waals surface area contributed by atoms with Gasteiger partial charge in [-0.3, -0.25) is 9.59 Å². The van der Waals surface area contributed by atoms with Crippen LogP contribution in [0.4, 0.5) is 0 Å². The number of halogens is 1. The van der Waals surface area contributed by atoms with E-state index >= 15 is 0 Å². The number of benzene rings is 2. The van der Waals surface area contributed by atoms with Crippen LogP contribution in [0.15, 0.2) is 55.0 Å². The van der Waals surface area contributed by atoms with Crippen LogP contribution in [0.3, 0.4) is 0 Å². The highest BCUT2D eigenvalue weighted by molar-refractivity contribution is 6.30. The van der Waals surface area contributed by atoms with Gasteiger partial charge < -0.3 is 25.7 Å². The van der Waals surface area contributed by atoms with E-state index in [1.165, 1.54) is 32.1 Å². The summed E-state index contributed by atoms with van der Waals surface area (Å²) in [5.74, 6) is 0.272. The summed E-state index contributed by atoms with van der Waals surface area (Å²) in [6, 6.07) is 11.8. The molecule has 9 heteroatoms. The van der Waals surface area contributed by atoms with Crippen molar-refractivity contribution in [3.05, 3.63) is 82.4 Å². The van der Waals surface area contributed by atoms with Gasteiger partial charge in [-0.05, 0) is 42.5 Å². The molecule has 2 atom stereocenters. The van der Waals surface area contributed by atoms with Crippen LogP contribution in [0.1, 0.15) is 71.7 Å². The number of ether oxygens (including phenoxy) is 1. The molecule has 2 amide bonds. The van der Waals surface area contributed by atoms with Gasteiger partial charge in [0.15, 0.2) is 0 Å². The zero-order chi connectivity index (χ0) is 27.2. The Morgan fingerprint density at radius 1 is 1.10 bits per heavy atom. The smallest absolute Gasteiger partial charge is 0.255 e. The Kier molecular flexibility index (Phi) is 8.84. The molecule has 1 aliphatic heterocycles. The van der Waals surface area contributed by atoms with E-state index in [1.54, 1.807) is 18.2 Å². The fourth-order valence-electron chi connectivity index (χ4n) is 5.67. The molecule has 1 aliphatic carbocycles. The summed E-state index contributed by atoms with van der Waals surface area (Å²) in [5, 5.41) is 7.07. The number of para-hydroxylation sites is 1. The molecule has 1 unspecified atom stereocenters. The normalized spacial score (nSPS) is 18.1. The summed E-state index contributed by atoms with van der Waals surface area (Å²) in [7, 11) is 0. The minimum Gasteiger partial charge on any atom is -0.492 e. The molecular weight excluding hydrogens is 514 g/mol. The molecule has 39 heavy (non-hydrogen) atoms. The van der Waals surface area contributed by atoms with E-state index in [1.807, 2.05) is 36.8 Å². The zero-order valence-electron chi connectivity index (χ0n) is 22.1. The van der Waals surface area contributed by atoms with Gasteiger partial charge in [-0.2, -0.15) is 0 Å². The van der Waals surface area contributed by atoms with Crippen LogP contribution in [-0.4, -0.2) is 34.0 Å². The van der Waals surface area contributed by atoms with Gasteiger partial charge in [0.25, 0.3) is 5.91 Å². The number of imidazole rings is 1. The van der Waals surface area contributed by atoms with Gasteiger partial charge in [0.05, 0.1) is 24.2 Å². The van der Waals surface area contributed by atoms with Crippen LogP contribution in [0.2, 0.25) is 5.02 Å². The first-order valence-electron chi connectivity index (χ1n) is 13.8. The minimum absolute atomic E-state index is 0.0283. The predicted molar refractivity (Wildman–Crippen MR) is 151 cm³/mol. The van der Waals surface area contributed by atoms with Crippen molar-refractivity contribution >= 4 is 23.4 Å². The van der Waals surface area contributed by atoms with Gasteiger partial charge in [0.1, 0.15) is 11.8 Å². The molecule has 2 aliphatic rings. The lowest BCUT2D eigenvalue weighted by Gasteiger charge is -2.29. The Morgan fingerprint density at radius 2 is 1.90 bits per heavy atom. The zero-order valence-corrected chi connectivity index (χ0v) is 22.8. The standard InChI is InChI=1S/C30H36ClN5O3/c31-22-11-9-20(10-12-22)15-27(29(32)37)35-30(38)25-8-4-7-24-26(13-14-39-28(24)25)34-17-23-16-33-19-36(23)18-21-5-2-1-3-6-21/h4,7-12,16,19,21,26-27,34H,1-3,5-6,13-15,17-18H2,(H2,32,37)(H,35,38)/t26?,27-/m0/s1. The average molecular weight is 550 g/mol. The van der Waals surface area contributed by atoms with Crippen LogP contribution >= 0.6 is 11.6 Å². The van der Waals surface area contributed by atoms with Crippen LogP contribution < -0.4 is 21.1 Å². The SMILES string of the molecule is NC(=O)[C@H](Cc1ccc(Cl)cc1)NC(=O)c1cccc2c1OCCC2NCc1cncn1CC1CCCCC1. The van der Waals surface area contributed by atoms with Crippen molar-refractivity contribution in [2.24, 2.45) is 11.7 Å². The maximum absolute atomic E-state index is 13.3. The molecule has 0 saturated heterocycles. The van der Waals surface area contributed by atoms with Gasteiger partial charge >= 0.3 is 0 Å². The van der Waals surface area contributed by atoms with Crippen LogP contribution in [0, 0.1) is 5.92 Å². The fraction of sp³-hybridized carbons (Fsp3) is 0.433. The molecule has 5 rings (SSSR count). The highest BCUT2D eigenvalue weighted by atomic mass is 35.5. The summed E-state index contributed by atoms with van der Waals surface area (Å²) in [6.07, 6.45) is 11.5. The van der Waals surface area contributed by atoms with E-state index in [4.69, 9.17) is 22.1 Å². The van der Waals surface area contributed by atoms with E-state index in [2.05, 4.69) is 20.2 Å². The third kappa shape index (κ3) is 6.81. The Labute approximate surface area is 234 Å². The average Bonchev–Trinajstić information content (AvgIpc) is 3.39. The van der Waals surface area contributed by atoms with Crippen molar-refractivity contribution in [2.45, 2.75) is 70.1 Å². The summed E-state index contributed by atoms with van der Waals surface area (Å²) in [6.45, 7) is 2.18. The molecule has 1 saturated carbocycles. The third-order valence-electron chi connectivity index (χ3n) is 7.83. The van der Waals surface area contributed by atoms with Crippen molar-refractivity contribution < 1.29 is 14.3 Å². The number of rotatable bonds is 10. The lowest BCUT2D eigenvalue weighted by atomic mass is 9.89. The number of primary amides is 1. The Hall–Kier alpha value is -3.36. The predicted octanol–water partition coefficient (Wildman–Crippen LogP) is 4.56. The molecule has 1 fully saturated rings. The van der Waals surface area contributed by atoms with Gasteiger partial charge in [0.2, 0.25) is 5.91 Å². The number of nitrogens with one attached hydrogen (secondary N) is 2. The molecule has 0 radical (unpaired) electrons. The highest BCUT2D eigenvalue weighted by Crippen LogP contribution is 2.35. The number of amides is 2. The first-order chi connectivity index (χ1) is 19.0. The van der Waals surface area contributed by atoms with Crippen LogP contribution in [0.5, 0.6) is 5.75 Å². The van der Waals surface area contributed by atoms with E-state index in [-0.39, 0.29) is 12.5 Å². The molecule has 4 N–H and O–H groups in total. The van der Waals surface area contributed by atoms with Crippen molar-refractivity contribution in [3.63, 3.8) is 0 Å². The third-order valence-corrected chi connectivity index (χ3v) is 8.08. The van der Waals surface area contributed by atoms with Gasteiger partial charge in [-0.25, -0.2) is 4.98 Å². The fourth-order valence-corrected chi connectivity index (χ4v) is 5.79. The molecule has 0 spiro atoms.